The largest absolute Gasteiger partial charge is 0.493 e. The monoisotopic (exact) mass is 372 g/mol. The highest BCUT2D eigenvalue weighted by Gasteiger charge is 2.29. The van der Waals surface area contributed by atoms with E-state index in [1.165, 1.54) is 12.1 Å². The molecule has 0 fully saturated rings. The van der Waals surface area contributed by atoms with Gasteiger partial charge in [0.2, 0.25) is 0 Å². The van der Waals surface area contributed by atoms with E-state index in [9.17, 15) is 4.39 Å². The molecule has 1 aromatic heterocycles. The van der Waals surface area contributed by atoms with Gasteiger partial charge in [-0.2, -0.15) is 0 Å². The van der Waals surface area contributed by atoms with Crippen molar-refractivity contribution in [2.24, 2.45) is 0 Å². The van der Waals surface area contributed by atoms with Crippen LogP contribution in [0, 0.1) is 10.6 Å². The van der Waals surface area contributed by atoms with Gasteiger partial charge in [-0.3, -0.25) is 0 Å². The van der Waals surface area contributed by atoms with Gasteiger partial charge in [-0.05, 0) is 54.2 Å². The molecule has 0 radical (unpaired) electrons. The zero-order chi connectivity index (χ0) is 18.9. The van der Waals surface area contributed by atoms with Crippen molar-refractivity contribution in [1.82, 2.24) is 9.97 Å². The Bertz CT molecular complexity index is 974. The second-order valence-electron chi connectivity index (χ2n) is 6.53. The van der Waals surface area contributed by atoms with E-state index in [-0.39, 0.29) is 5.82 Å². The molecule has 1 heterocycles. The fourth-order valence-corrected chi connectivity index (χ4v) is 3.26. The highest BCUT2D eigenvalue weighted by molar-refractivity contribution is 7.71. The van der Waals surface area contributed by atoms with Gasteiger partial charge >= 0.3 is 0 Å². The molecule has 0 aliphatic rings. The standard InChI is InChI=1S/C20H21FN2O2S/c1-20(2,13-7-10-15(24-3)16(11-13)25-4)18-17(22-19(26)23-18)12-5-8-14(21)9-6-12/h5-11H,1-4H3,(H2,22,23,26). The maximum Gasteiger partial charge on any atom is 0.175 e. The molecule has 0 amide bonds. The summed E-state index contributed by atoms with van der Waals surface area (Å²) in [7, 11) is 3.22. The summed E-state index contributed by atoms with van der Waals surface area (Å²) in [6.45, 7) is 4.19. The molecule has 0 spiro atoms. The van der Waals surface area contributed by atoms with Crippen molar-refractivity contribution >= 4 is 12.2 Å². The topological polar surface area (TPSA) is 50.0 Å². The lowest BCUT2D eigenvalue weighted by atomic mass is 9.79. The molecule has 3 aromatic rings. The average molecular weight is 372 g/mol. The molecule has 2 N–H and O–H groups in total. The average Bonchev–Trinajstić information content (AvgIpc) is 3.04. The summed E-state index contributed by atoms with van der Waals surface area (Å²) in [5.41, 5.74) is 3.25. The lowest BCUT2D eigenvalue weighted by Crippen LogP contribution is -2.20. The highest BCUT2D eigenvalue weighted by Crippen LogP contribution is 2.39. The number of nitrogens with one attached hydrogen (secondary N) is 2. The third-order valence-corrected chi connectivity index (χ3v) is 4.79. The van der Waals surface area contributed by atoms with Crippen LogP contribution in [0.5, 0.6) is 11.5 Å². The highest BCUT2D eigenvalue weighted by atomic mass is 32.1. The van der Waals surface area contributed by atoms with Gasteiger partial charge in [0, 0.05) is 11.0 Å². The molecule has 0 bridgehead atoms. The van der Waals surface area contributed by atoms with Crippen LogP contribution < -0.4 is 9.47 Å². The number of halogens is 1. The van der Waals surface area contributed by atoms with Crippen LogP contribution in [0.3, 0.4) is 0 Å². The van der Waals surface area contributed by atoms with Gasteiger partial charge in [-0.25, -0.2) is 4.39 Å². The predicted octanol–water partition coefficient (Wildman–Crippen LogP) is 5.22. The van der Waals surface area contributed by atoms with Crippen LogP contribution >= 0.6 is 12.2 Å². The quantitative estimate of drug-likeness (QED) is 0.604. The van der Waals surface area contributed by atoms with Crippen molar-refractivity contribution in [1.29, 1.82) is 0 Å². The summed E-state index contributed by atoms with van der Waals surface area (Å²) < 4.78 is 24.6. The number of aromatic nitrogens is 2. The molecule has 4 nitrogen and oxygen atoms in total. The minimum atomic E-state index is -0.406. The SMILES string of the molecule is COc1ccc(C(C)(C)c2[nH]c(=S)[nH]c2-c2ccc(F)cc2)cc1OC. The molecule has 0 aliphatic heterocycles. The van der Waals surface area contributed by atoms with Crippen molar-refractivity contribution < 1.29 is 13.9 Å². The Morgan fingerprint density at radius 3 is 2.19 bits per heavy atom. The van der Waals surface area contributed by atoms with E-state index >= 15 is 0 Å². The van der Waals surface area contributed by atoms with Crippen LogP contribution in [-0.2, 0) is 5.41 Å². The number of hydrogen-bond acceptors (Lipinski definition) is 3. The minimum absolute atomic E-state index is 0.274. The third kappa shape index (κ3) is 3.24. The smallest absolute Gasteiger partial charge is 0.175 e. The van der Waals surface area contributed by atoms with Crippen molar-refractivity contribution in [3.8, 4) is 22.8 Å². The number of H-pyrrole nitrogens is 2. The van der Waals surface area contributed by atoms with E-state index in [0.29, 0.717) is 16.3 Å². The van der Waals surface area contributed by atoms with Gasteiger partial charge in [0.1, 0.15) is 5.82 Å². The van der Waals surface area contributed by atoms with Gasteiger partial charge < -0.3 is 19.4 Å². The second kappa shape index (κ2) is 6.96. The van der Waals surface area contributed by atoms with Crippen LogP contribution in [0.4, 0.5) is 4.39 Å². The van der Waals surface area contributed by atoms with Gasteiger partial charge in [0.15, 0.2) is 16.3 Å². The van der Waals surface area contributed by atoms with E-state index in [0.717, 1.165) is 22.5 Å². The summed E-state index contributed by atoms with van der Waals surface area (Å²) in [5.74, 6) is 1.06. The minimum Gasteiger partial charge on any atom is -0.493 e. The number of aromatic amines is 2. The molecule has 0 saturated carbocycles. The van der Waals surface area contributed by atoms with Crippen molar-refractivity contribution in [3.63, 3.8) is 0 Å². The Kier molecular flexibility index (Phi) is 4.87. The van der Waals surface area contributed by atoms with Crippen LogP contribution in [-0.4, -0.2) is 24.2 Å². The summed E-state index contributed by atoms with van der Waals surface area (Å²) in [6.07, 6.45) is 0. The van der Waals surface area contributed by atoms with Crippen LogP contribution in [0.25, 0.3) is 11.3 Å². The summed E-state index contributed by atoms with van der Waals surface area (Å²) in [5, 5.41) is 0. The molecular formula is C20H21FN2O2S. The first kappa shape index (κ1) is 18.2. The predicted molar refractivity (Wildman–Crippen MR) is 103 cm³/mol. The van der Waals surface area contributed by atoms with Crippen LogP contribution in [0.2, 0.25) is 0 Å². The maximum absolute atomic E-state index is 13.3. The second-order valence-corrected chi connectivity index (χ2v) is 6.94. The molecule has 0 unspecified atom stereocenters. The Hall–Kier alpha value is -2.60. The van der Waals surface area contributed by atoms with E-state index in [4.69, 9.17) is 21.7 Å². The summed E-state index contributed by atoms with van der Waals surface area (Å²) in [6, 6.07) is 12.2. The van der Waals surface area contributed by atoms with Crippen molar-refractivity contribution in [2.75, 3.05) is 14.2 Å². The number of rotatable bonds is 5. The Labute approximate surface area is 157 Å². The maximum atomic E-state index is 13.3. The normalized spacial score (nSPS) is 11.4. The lowest BCUT2D eigenvalue weighted by Gasteiger charge is -2.26. The van der Waals surface area contributed by atoms with E-state index < -0.39 is 5.41 Å². The molecule has 2 aromatic carbocycles. The van der Waals surface area contributed by atoms with E-state index in [2.05, 4.69) is 23.8 Å². The first-order valence-electron chi connectivity index (χ1n) is 8.18. The number of imidazole rings is 1. The molecule has 0 aliphatic carbocycles. The van der Waals surface area contributed by atoms with Gasteiger partial charge in [-0.1, -0.05) is 19.9 Å². The van der Waals surface area contributed by atoms with Crippen molar-refractivity contribution in [2.45, 2.75) is 19.3 Å². The Morgan fingerprint density at radius 2 is 1.58 bits per heavy atom. The lowest BCUT2D eigenvalue weighted by molar-refractivity contribution is 0.354. The fourth-order valence-electron chi connectivity index (χ4n) is 3.05. The molecule has 26 heavy (non-hydrogen) atoms. The number of hydrogen-bond donors (Lipinski definition) is 2. The number of ether oxygens (including phenoxy) is 2. The first-order chi connectivity index (χ1) is 12.4. The summed E-state index contributed by atoms with van der Waals surface area (Å²) in [4.78, 5) is 6.44. The van der Waals surface area contributed by atoms with Crippen molar-refractivity contribution in [3.05, 3.63) is 64.3 Å². The molecule has 6 heteroatoms. The first-order valence-corrected chi connectivity index (χ1v) is 8.59. The van der Waals surface area contributed by atoms with Gasteiger partial charge in [-0.15, -0.1) is 0 Å². The fraction of sp³-hybridized carbons (Fsp3) is 0.250. The zero-order valence-electron chi connectivity index (χ0n) is 15.1. The molecule has 0 atom stereocenters. The molecular weight excluding hydrogens is 351 g/mol. The van der Waals surface area contributed by atoms with E-state index in [1.54, 1.807) is 26.4 Å². The van der Waals surface area contributed by atoms with Gasteiger partial charge in [0.25, 0.3) is 0 Å². The number of methoxy groups -OCH3 is 2. The number of benzene rings is 2. The van der Waals surface area contributed by atoms with Crippen LogP contribution in [0.1, 0.15) is 25.1 Å². The van der Waals surface area contributed by atoms with E-state index in [1.807, 2.05) is 18.2 Å². The Balaban J connectivity index is 2.13. The zero-order valence-corrected chi connectivity index (χ0v) is 16.0. The molecule has 3 rings (SSSR count). The molecule has 136 valence electrons. The third-order valence-electron chi connectivity index (χ3n) is 4.59. The summed E-state index contributed by atoms with van der Waals surface area (Å²) >= 11 is 5.32. The molecule has 0 saturated heterocycles. The van der Waals surface area contributed by atoms with Crippen LogP contribution in [0.15, 0.2) is 42.5 Å². The van der Waals surface area contributed by atoms with Gasteiger partial charge in [0.05, 0.1) is 25.6 Å². The Morgan fingerprint density at radius 1 is 0.923 bits per heavy atom.